The molecule has 1 rings (SSSR count). The van der Waals surface area contributed by atoms with Crippen molar-refractivity contribution >= 4 is 34.9 Å². The highest BCUT2D eigenvalue weighted by molar-refractivity contribution is 6.37. The Bertz CT molecular complexity index is 423. The zero-order valence-electron chi connectivity index (χ0n) is 9.50. The lowest BCUT2D eigenvalue weighted by molar-refractivity contribution is 0.0121. The van der Waals surface area contributed by atoms with E-state index in [0.29, 0.717) is 11.6 Å². The summed E-state index contributed by atoms with van der Waals surface area (Å²) in [6, 6.07) is 2.89. The second-order valence-electron chi connectivity index (χ2n) is 3.52. The molecule has 0 bridgehead atoms. The number of halogens is 2. The number of rotatable bonds is 4. The van der Waals surface area contributed by atoms with Gasteiger partial charge in [-0.25, -0.2) is 4.79 Å². The molecule has 1 aromatic rings. The van der Waals surface area contributed by atoms with E-state index in [1.54, 1.807) is 6.92 Å². The molecule has 17 heavy (non-hydrogen) atoms. The smallest absolute Gasteiger partial charge is 0.340 e. The van der Waals surface area contributed by atoms with E-state index in [4.69, 9.17) is 38.4 Å². The summed E-state index contributed by atoms with van der Waals surface area (Å²) in [5, 5.41) is 0.555. The molecule has 94 valence electrons. The van der Waals surface area contributed by atoms with Gasteiger partial charge in [0.25, 0.3) is 0 Å². The Morgan fingerprint density at radius 3 is 2.71 bits per heavy atom. The molecule has 0 aliphatic heterocycles. The van der Waals surface area contributed by atoms with Gasteiger partial charge in [0, 0.05) is 12.1 Å². The zero-order valence-corrected chi connectivity index (χ0v) is 11.0. The molecule has 0 heterocycles. The van der Waals surface area contributed by atoms with Gasteiger partial charge < -0.3 is 15.2 Å². The van der Waals surface area contributed by atoms with Crippen LogP contribution in [0.25, 0.3) is 0 Å². The molecule has 0 aliphatic rings. The minimum atomic E-state index is -0.573. The molecule has 0 saturated heterocycles. The Labute approximate surface area is 110 Å². The van der Waals surface area contributed by atoms with Crippen molar-refractivity contribution in [2.24, 2.45) is 0 Å². The average Bonchev–Trinajstić information content (AvgIpc) is 2.23. The maximum Gasteiger partial charge on any atom is 0.340 e. The van der Waals surface area contributed by atoms with Gasteiger partial charge in [-0.15, -0.1) is 0 Å². The van der Waals surface area contributed by atoms with Crippen LogP contribution in [0.5, 0.6) is 0 Å². The SMILES string of the molecule is COCC(C)OC(=O)c1cc(Cl)cc(Cl)c1N. The van der Waals surface area contributed by atoms with Crippen molar-refractivity contribution in [3.8, 4) is 0 Å². The van der Waals surface area contributed by atoms with E-state index in [1.165, 1.54) is 19.2 Å². The van der Waals surface area contributed by atoms with Crippen LogP contribution in [0.2, 0.25) is 10.0 Å². The second kappa shape index (κ2) is 6.10. The van der Waals surface area contributed by atoms with Crippen molar-refractivity contribution in [3.63, 3.8) is 0 Å². The van der Waals surface area contributed by atoms with Gasteiger partial charge in [0.2, 0.25) is 0 Å². The van der Waals surface area contributed by atoms with Crippen molar-refractivity contribution in [3.05, 3.63) is 27.7 Å². The summed E-state index contributed by atoms with van der Waals surface area (Å²) in [5.41, 5.74) is 6.00. The molecule has 0 radical (unpaired) electrons. The number of ether oxygens (including phenoxy) is 2. The largest absolute Gasteiger partial charge is 0.457 e. The third-order valence-electron chi connectivity index (χ3n) is 2.02. The van der Waals surface area contributed by atoms with Crippen LogP contribution in [0.4, 0.5) is 5.69 Å². The number of hydrogen-bond donors (Lipinski definition) is 1. The fourth-order valence-corrected chi connectivity index (χ4v) is 1.76. The van der Waals surface area contributed by atoms with Crippen LogP contribution in [0, 0.1) is 0 Å². The second-order valence-corrected chi connectivity index (χ2v) is 4.36. The summed E-state index contributed by atoms with van der Waals surface area (Å²) in [4.78, 5) is 11.8. The molecule has 0 aromatic heterocycles. The Morgan fingerprint density at radius 2 is 2.12 bits per heavy atom. The number of carbonyl (C=O) groups is 1. The molecule has 1 unspecified atom stereocenters. The van der Waals surface area contributed by atoms with E-state index in [2.05, 4.69) is 0 Å². The van der Waals surface area contributed by atoms with E-state index in [1.807, 2.05) is 0 Å². The molecule has 1 aromatic carbocycles. The summed E-state index contributed by atoms with van der Waals surface area (Å²) in [7, 11) is 1.52. The third-order valence-corrected chi connectivity index (χ3v) is 2.55. The normalized spacial score (nSPS) is 12.2. The molecule has 0 fully saturated rings. The quantitative estimate of drug-likeness (QED) is 0.679. The van der Waals surface area contributed by atoms with Crippen LogP contribution in [0.3, 0.4) is 0 Å². The highest BCUT2D eigenvalue weighted by Crippen LogP contribution is 2.28. The molecule has 0 aliphatic carbocycles. The van der Waals surface area contributed by atoms with E-state index in [9.17, 15) is 4.79 Å². The van der Waals surface area contributed by atoms with E-state index in [0.717, 1.165) is 0 Å². The van der Waals surface area contributed by atoms with Crippen LogP contribution in [0.15, 0.2) is 12.1 Å². The molecule has 6 heteroatoms. The highest BCUT2D eigenvalue weighted by Gasteiger charge is 2.17. The summed E-state index contributed by atoms with van der Waals surface area (Å²) in [5.74, 6) is -0.573. The number of carbonyl (C=O) groups excluding carboxylic acids is 1. The number of benzene rings is 1. The molecule has 2 N–H and O–H groups in total. The first-order chi connectivity index (χ1) is 7.95. The van der Waals surface area contributed by atoms with Gasteiger partial charge in [-0.05, 0) is 19.1 Å². The predicted molar refractivity (Wildman–Crippen MR) is 67.6 cm³/mol. The average molecular weight is 278 g/mol. The van der Waals surface area contributed by atoms with Gasteiger partial charge in [-0.2, -0.15) is 0 Å². The van der Waals surface area contributed by atoms with E-state index >= 15 is 0 Å². The Morgan fingerprint density at radius 1 is 1.47 bits per heavy atom. The minimum Gasteiger partial charge on any atom is -0.457 e. The number of hydrogen-bond acceptors (Lipinski definition) is 4. The van der Waals surface area contributed by atoms with Crippen molar-refractivity contribution in [1.82, 2.24) is 0 Å². The fraction of sp³-hybridized carbons (Fsp3) is 0.364. The van der Waals surface area contributed by atoms with Crippen LogP contribution in [0.1, 0.15) is 17.3 Å². The van der Waals surface area contributed by atoms with Gasteiger partial charge in [0.15, 0.2) is 0 Å². The van der Waals surface area contributed by atoms with Crippen LogP contribution >= 0.6 is 23.2 Å². The van der Waals surface area contributed by atoms with Crippen molar-refractivity contribution in [1.29, 1.82) is 0 Å². The van der Waals surface area contributed by atoms with Gasteiger partial charge in [-0.1, -0.05) is 23.2 Å². The zero-order chi connectivity index (χ0) is 13.0. The van der Waals surface area contributed by atoms with Crippen LogP contribution in [-0.2, 0) is 9.47 Å². The molecular weight excluding hydrogens is 265 g/mol. The number of anilines is 1. The van der Waals surface area contributed by atoms with Gasteiger partial charge in [0.1, 0.15) is 6.10 Å². The Balaban J connectivity index is 2.89. The molecule has 1 atom stereocenters. The summed E-state index contributed by atoms with van der Waals surface area (Å²) < 4.78 is 9.96. The highest BCUT2D eigenvalue weighted by atomic mass is 35.5. The van der Waals surface area contributed by atoms with E-state index in [-0.39, 0.29) is 22.4 Å². The molecule has 0 amide bonds. The summed E-state index contributed by atoms with van der Waals surface area (Å²) >= 11 is 11.6. The number of esters is 1. The summed E-state index contributed by atoms with van der Waals surface area (Å²) in [6.45, 7) is 2.02. The fourth-order valence-electron chi connectivity index (χ4n) is 1.27. The van der Waals surface area contributed by atoms with Gasteiger partial charge >= 0.3 is 5.97 Å². The maximum atomic E-state index is 11.8. The van der Waals surface area contributed by atoms with Crippen LogP contribution < -0.4 is 5.73 Å². The summed E-state index contributed by atoms with van der Waals surface area (Å²) in [6.07, 6.45) is -0.371. The van der Waals surface area contributed by atoms with Crippen molar-refractivity contribution in [2.75, 3.05) is 19.5 Å². The number of nitrogens with two attached hydrogens (primary N) is 1. The number of methoxy groups -OCH3 is 1. The van der Waals surface area contributed by atoms with Gasteiger partial charge in [-0.3, -0.25) is 0 Å². The standard InChI is InChI=1S/C11H13Cl2NO3/c1-6(5-16-2)17-11(15)8-3-7(12)4-9(13)10(8)14/h3-4,6H,5,14H2,1-2H3. The van der Waals surface area contributed by atoms with Crippen molar-refractivity contribution in [2.45, 2.75) is 13.0 Å². The third kappa shape index (κ3) is 3.77. The molecule has 0 spiro atoms. The molecule has 4 nitrogen and oxygen atoms in total. The van der Waals surface area contributed by atoms with E-state index < -0.39 is 5.97 Å². The maximum absolute atomic E-state index is 11.8. The Kier molecular flexibility index (Phi) is 5.05. The monoisotopic (exact) mass is 277 g/mol. The first kappa shape index (κ1) is 14.1. The van der Waals surface area contributed by atoms with Gasteiger partial charge in [0.05, 0.1) is 22.9 Å². The Hall–Kier alpha value is -0.970. The predicted octanol–water partition coefficient (Wildman–Crippen LogP) is 2.77. The lowest BCUT2D eigenvalue weighted by Gasteiger charge is -2.13. The van der Waals surface area contributed by atoms with Crippen molar-refractivity contribution < 1.29 is 14.3 Å². The molecule has 0 saturated carbocycles. The van der Waals surface area contributed by atoms with Crippen LogP contribution in [-0.4, -0.2) is 25.8 Å². The number of nitrogen functional groups attached to an aromatic ring is 1. The lowest BCUT2D eigenvalue weighted by atomic mass is 10.2. The minimum absolute atomic E-state index is 0.158. The topological polar surface area (TPSA) is 61.5 Å². The first-order valence-electron chi connectivity index (χ1n) is 4.90. The lowest BCUT2D eigenvalue weighted by Crippen LogP contribution is -2.20. The molecular formula is C11H13Cl2NO3. The first-order valence-corrected chi connectivity index (χ1v) is 5.65.